The highest BCUT2D eigenvalue weighted by atomic mass is 19.1. The van der Waals surface area contributed by atoms with E-state index in [-0.39, 0.29) is 12.4 Å². The van der Waals surface area contributed by atoms with Crippen LogP contribution in [0.5, 0.6) is 5.75 Å². The van der Waals surface area contributed by atoms with Crippen LogP contribution in [0.15, 0.2) is 42.5 Å². The molecule has 2 aromatic carbocycles. The van der Waals surface area contributed by atoms with Crippen molar-refractivity contribution in [2.24, 2.45) is 0 Å². The monoisotopic (exact) mass is 256 g/mol. The Morgan fingerprint density at radius 1 is 1.11 bits per heavy atom. The average Bonchev–Trinajstić information content (AvgIpc) is 2.37. The topological polar surface area (TPSA) is 59.0 Å². The van der Waals surface area contributed by atoms with E-state index in [1.54, 1.807) is 18.2 Å². The van der Waals surface area contributed by atoms with Crippen LogP contribution in [0.25, 0.3) is 0 Å². The SMILES string of the molecule is N#CCc1ccc(OCc2cc(N)cc(F)c2)cc1. The Bertz CT molecular complexity index is 582. The number of hydrogen-bond acceptors (Lipinski definition) is 3. The number of anilines is 1. The molecule has 2 aromatic rings. The summed E-state index contributed by atoms with van der Waals surface area (Å²) in [5.41, 5.74) is 7.55. The van der Waals surface area contributed by atoms with E-state index in [1.165, 1.54) is 12.1 Å². The van der Waals surface area contributed by atoms with E-state index in [0.29, 0.717) is 23.4 Å². The minimum Gasteiger partial charge on any atom is -0.489 e. The van der Waals surface area contributed by atoms with Crippen LogP contribution < -0.4 is 10.5 Å². The van der Waals surface area contributed by atoms with E-state index in [2.05, 4.69) is 6.07 Å². The Labute approximate surface area is 111 Å². The Morgan fingerprint density at radius 3 is 2.47 bits per heavy atom. The van der Waals surface area contributed by atoms with Gasteiger partial charge in [-0.2, -0.15) is 5.26 Å². The number of nitrogens with two attached hydrogens (primary N) is 1. The number of rotatable bonds is 4. The van der Waals surface area contributed by atoms with E-state index in [1.807, 2.05) is 12.1 Å². The lowest BCUT2D eigenvalue weighted by molar-refractivity contribution is 0.305. The molecule has 0 aliphatic rings. The highest BCUT2D eigenvalue weighted by Crippen LogP contribution is 2.16. The zero-order chi connectivity index (χ0) is 13.7. The molecule has 0 aliphatic heterocycles. The van der Waals surface area contributed by atoms with Crippen molar-refractivity contribution in [1.29, 1.82) is 5.26 Å². The third kappa shape index (κ3) is 3.71. The molecular formula is C15H13FN2O. The number of halogens is 1. The van der Waals surface area contributed by atoms with E-state index in [9.17, 15) is 4.39 Å². The summed E-state index contributed by atoms with van der Waals surface area (Å²) in [4.78, 5) is 0. The maximum absolute atomic E-state index is 13.1. The van der Waals surface area contributed by atoms with Crippen molar-refractivity contribution in [1.82, 2.24) is 0 Å². The third-order valence-electron chi connectivity index (χ3n) is 2.59. The summed E-state index contributed by atoms with van der Waals surface area (Å²) in [5.74, 6) is 0.299. The molecule has 0 saturated carbocycles. The lowest BCUT2D eigenvalue weighted by atomic mass is 10.1. The number of nitrogen functional groups attached to an aromatic ring is 1. The van der Waals surface area contributed by atoms with Gasteiger partial charge in [0, 0.05) is 5.69 Å². The number of hydrogen-bond donors (Lipinski definition) is 1. The molecule has 0 bridgehead atoms. The van der Waals surface area contributed by atoms with Gasteiger partial charge in [0.2, 0.25) is 0 Å². The van der Waals surface area contributed by atoms with Gasteiger partial charge in [-0.1, -0.05) is 12.1 Å². The predicted octanol–water partition coefficient (Wildman–Crippen LogP) is 3.05. The van der Waals surface area contributed by atoms with Crippen LogP contribution in [0.2, 0.25) is 0 Å². The largest absolute Gasteiger partial charge is 0.489 e. The quantitative estimate of drug-likeness (QED) is 0.855. The Kier molecular flexibility index (Phi) is 3.99. The van der Waals surface area contributed by atoms with Gasteiger partial charge in [0.15, 0.2) is 0 Å². The summed E-state index contributed by atoms with van der Waals surface area (Å²) in [7, 11) is 0. The number of nitriles is 1. The molecule has 0 atom stereocenters. The minimum absolute atomic E-state index is 0.250. The van der Waals surface area contributed by atoms with Crippen LogP contribution in [0, 0.1) is 17.1 Å². The Hall–Kier alpha value is -2.54. The molecule has 0 fully saturated rings. The van der Waals surface area contributed by atoms with Gasteiger partial charge < -0.3 is 10.5 Å². The molecule has 0 aromatic heterocycles. The first-order valence-corrected chi connectivity index (χ1v) is 5.81. The summed E-state index contributed by atoms with van der Waals surface area (Å²) in [6, 6.07) is 13.6. The van der Waals surface area contributed by atoms with Crippen LogP contribution in [0.3, 0.4) is 0 Å². The molecule has 3 nitrogen and oxygen atoms in total. The molecule has 0 unspecified atom stereocenters. The molecule has 2 rings (SSSR count). The average molecular weight is 256 g/mol. The fraction of sp³-hybridized carbons (Fsp3) is 0.133. The second-order valence-corrected chi connectivity index (χ2v) is 4.16. The van der Waals surface area contributed by atoms with Crippen LogP contribution in [0.4, 0.5) is 10.1 Å². The van der Waals surface area contributed by atoms with Gasteiger partial charge in [0.1, 0.15) is 18.2 Å². The van der Waals surface area contributed by atoms with Gasteiger partial charge >= 0.3 is 0 Å². The van der Waals surface area contributed by atoms with Crippen molar-refractivity contribution in [2.45, 2.75) is 13.0 Å². The van der Waals surface area contributed by atoms with Gasteiger partial charge in [-0.25, -0.2) is 4.39 Å². The molecule has 19 heavy (non-hydrogen) atoms. The molecule has 4 heteroatoms. The van der Waals surface area contributed by atoms with Crippen LogP contribution in [-0.4, -0.2) is 0 Å². The van der Waals surface area contributed by atoms with Crippen LogP contribution in [-0.2, 0) is 13.0 Å². The second kappa shape index (κ2) is 5.87. The summed E-state index contributed by atoms with van der Waals surface area (Å²) in [5, 5.41) is 8.56. The fourth-order valence-electron chi connectivity index (χ4n) is 1.72. The number of ether oxygens (including phenoxy) is 1. The first-order chi connectivity index (χ1) is 9.17. The van der Waals surface area contributed by atoms with Crippen LogP contribution in [0.1, 0.15) is 11.1 Å². The maximum Gasteiger partial charge on any atom is 0.125 e. The molecular weight excluding hydrogens is 243 g/mol. The summed E-state index contributed by atoms with van der Waals surface area (Å²) >= 11 is 0. The van der Waals surface area contributed by atoms with Gasteiger partial charge in [0.25, 0.3) is 0 Å². The van der Waals surface area contributed by atoms with E-state index in [4.69, 9.17) is 15.7 Å². The van der Waals surface area contributed by atoms with Gasteiger partial charge in [-0.15, -0.1) is 0 Å². The van der Waals surface area contributed by atoms with E-state index < -0.39 is 0 Å². The number of nitrogens with zero attached hydrogens (tertiary/aromatic N) is 1. The molecule has 96 valence electrons. The summed E-state index contributed by atoms with van der Waals surface area (Å²) in [6.07, 6.45) is 0.376. The standard InChI is InChI=1S/C15H13FN2O/c16-13-7-12(8-14(18)9-13)10-19-15-3-1-11(2-4-15)5-6-17/h1-4,7-9H,5,10,18H2. The van der Waals surface area contributed by atoms with Crippen molar-refractivity contribution in [3.05, 3.63) is 59.4 Å². The Morgan fingerprint density at radius 2 is 1.84 bits per heavy atom. The predicted molar refractivity (Wildman–Crippen MR) is 70.9 cm³/mol. The van der Waals surface area contributed by atoms with Crippen molar-refractivity contribution in [3.63, 3.8) is 0 Å². The zero-order valence-electron chi connectivity index (χ0n) is 10.3. The third-order valence-corrected chi connectivity index (χ3v) is 2.59. The van der Waals surface area contributed by atoms with E-state index in [0.717, 1.165) is 5.56 Å². The van der Waals surface area contributed by atoms with E-state index >= 15 is 0 Å². The van der Waals surface area contributed by atoms with Gasteiger partial charge in [-0.3, -0.25) is 0 Å². The normalized spacial score (nSPS) is 9.89. The summed E-state index contributed by atoms with van der Waals surface area (Å²) in [6.45, 7) is 0.250. The second-order valence-electron chi connectivity index (χ2n) is 4.16. The molecule has 2 N–H and O–H groups in total. The lowest BCUT2D eigenvalue weighted by Crippen LogP contribution is -1.98. The fourth-order valence-corrected chi connectivity index (χ4v) is 1.72. The van der Waals surface area contributed by atoms with Crippen molar-refractivity contribution in [3.8, 4) is 11.8 Å². The molecule has 0 amide bonds. The molecule has 0 aliphatic carbocycles. The number of benzene rings is 2. The van der Waals surface area contributed by atoms with Crippen molar-refractivity contribution < 1.29 is 9.13 Å². The van der Waals surface area contributed by atoms with Gasteiger partial charge in [-0.05, 0) is 41.5 Å². The lowest BCUT2D eigenvalue weighted by Gasteiger charge is -2.07. The maximum atomic E-state index is 13.1. The highest BCUT2D eigenvalue weighted by Gasteiger charge is 2.00. The zero-order valence-corrected chi connectivity index (χ0v) is 10.3. The van der Waals surface area contributed by atoms with Crippen molar-refractivity contribution in [2.75, 3.05) is 5.73 Å². The molecule has 0 radical (unpaired) electrons. The van der Waals surface area contributed by atoms with Crippen LogP contribution >= 0.6 is 0 Å². The summed E-state index contributed by atoms with van der Waals surface area (Å²) < 4.78 is 18.7. The first kappa shape index (κ1) is 12.9. The molecule has 0 heterocycles. The Balaban J connectivity index is 2.00. The molecule has 0 saturated heterocycles. The van der Waals surface area contributed by atoms with Gasteiger partial charge in [0.05, 0.1) is 12.5 Å². The minimum atomic E-state index is -0.372. The smallest absolute Gasteiger partial charge is 0.125 e. The molecule has 0 spiro atoms. The van der Waals surface area contributed by atoms with Crippen molar-refractivity contribution >= 4 is 5.69 Å². The first-order valence-electron chi connectivity index (χ1n) is 5.81. The highest BCUT2D eigenvalue weighted by molar-refractivity contribution is 5.41.